The fraction of sp³-hybridized carbons (Fsp3) is 0.579. The Kier molecular flexibility index (Phi) is 7.41. The standard InChI is InChI=1S/C19H29N3O4/c1-4-21(5-2)15-6-7-16(14(3)12-15)20-18(23)13-17(19(24)25)22-8-10-26-11-9-22/h6-7,12,17H,4-5,8-11,13H2,1-3H3,(H,20,23)(H,24,25). The van der Waals surface area contributed by atoms with Gasteiger partial charge in [0, 0.05) is 37.6 Å². The van der Waals surface area contributed by atoms with Crippen LogP contribution in [0.4, 0.5) is 11.4 Å². The summed E-state index contributed by atoms with van der Waals surface area (Å²) in [5.74, 6) is -1.27. The Hall–Kier alpha value is -2.12. The number of carboxylic acid groups (broad SMARTS) is 1. The maximum atomic E-state index is 12.4. The molecule has 1 unspecified atom stereocenters. The Morgan fingerprint density at radius 2 is 1.92 bits per heavy atom. The lowest BCUT2D eigenvalue weighted by atomic mass is 10.1. The molecule has 1 aromatic rings. The van der Waals surface area contributed by atoms with Gasteiger partial charge in [0.05, 0.1) is 19.6 Å². The average Bonchev–Trinajstić information content (AvgIpc) is 2.63. The number of hydrogen-bond acceptors (Lipinski definition) is 5. The summed E-state index contributed by atoms with van der Waals surface area (Å²) >= 11 is 0. The van der Waals surface area contributed by atoms with Crippen LogP contribution < -0.4 is 10.2 Å². The zero-order valence-electron chi connectivity index (χ0n) is 15.8. The zero-order chi connectivity index (χ0) is 19.1. The zero-order valence-corrected chi connectivity index (χ0v) is 15.8. The number of rotatable bonds is 8. The first-order valence-corrected chi connectivity index (χ1v) is 9.16. The molecule has 144 valence electrons. The van der Waals surface area contributed by atoms with E-state index in [9.17, 15) is 14.7 Å². The fourth-order valence-electron chi connectivity index (χ4n) is 3.21. The van der Waals surface area contributed by atoms with Crippen molar-refractivity contribution in [3.8, 4) is 0 Å². The second kappa shape index (κ2) is 9.54. The summed E-state index contributed by atoms with van der Waals surface area (Å²) in [5.41, 5.74) is 2.79. The summed E-state index contributed by atoms with van der Waals surface area (Å²) < 4.78 is 5.26. The van der Waals surface area contributed by atoms with Gasteiger partial charge in [-0.05, 0) is 44.5 Å². The van der Waals surface area contributed by atoms with Gasteiger partial charge in [-0.1, -0.05) is 0 Å². The number of aliphatic carboxylic acids is 1. The van der Waals surface area contributed by atoms with E-state index in [1.54, 1.807) is 4.90 Å². The number of carboxylic acids is 1. The molecule has 1 fully saturated rings. The third-order valence-corrected chi connectivity index (χ3v) is 4.76. The second-order valence-electron chi connectivity index (χ2n) is 6.43. The molecule has 0 radical (unpaired) electrons. The van der Waals surface area contributed by atoms with Crippen molar-refractivity contribution in [3.63, 3.8) is 0 Å². The largest absolute Gasteiger partial charge is 0.480 e. The molecule has 0 aliphatic carbocycles. The molecule has 2 rings (SSSR count). The topological polar surface area (TPSA) is 82.1 Å². The number of nitrogens with one attached hydrogen (secondary N) is 1. The smallest absolute Gasteiger partial charge is 0.321 e. The SMILES string of the molecule is CCN(CC)c1ccc(NC(=O)CC(C(=O)O)N2CCOCC2)c(C)c1. The molecule has 0 bridgehead atoms. The van der Waals surface area contributed by atoms with Crippen molar-refractivity contribution >= 4 is 23.3 Å². The third kappa shape index (κ3) is 5.19. The molecule has 0 saturated carbocycles. The second-order valence-corrected chi connectivity index (χ2v) is 6.43. The molecule has 1 aliphatic rings. The summed E-state index contributed by atoms with van der Waals surface area (Å²) in [6.45, 7) is 10.0. The van der Waals surface area contributed by atoms with Crippen molar-refractivity contribution in [1.82, 2.24) is 4.90 Å². The van der Waals surface area contributed by atoms with Crippen LogP contribution in [0.1, 0.15) is 25.8 Å². The first-order chi connectivity index (χ1) is 12.5. The van der Waals surface area contributed by atoms with Crippen LogP contribution in [0.25, 0.3) is 0 Å². The number of amides is 1. The lowest BCUT2D eigenvalue weighted by Gasteiger charge is -2.31. The monoisotopic (exact) mass is 363 g/mol. The highest BCUT2D eigenvalue weighted by Gasteiger charge is 2.29. The van der Waals surface area contributed by atoms with Crippen molar-refractivity contribution in [2.75, 3.05) is 49.6 Å². The van der Waals surface area contributed by atoms with E-state index in [-0.39, 0.29) is 12.3 Å². The predicted octanol–water partition coefficient (Wildman–Crippen LogP) is 1.96. The first kappa shape index (κ1) is 20.2. The summed E-state index contributed by atoms with van der Waals surface area (Å²) in [7, 11) is 0. The highest BCUT2D eigenvalue weighted by atomic mass is 16.5. The Morgan fingerprint density at radius 1 is 1.27 bits per heavy atom. The maximum absolute atomic E-state index is 12.4. The number of aryl methyl sites for hydroxylation is 1. The molecule has 1 amide bonds. The van der Waals surface area contributed by atoms with E-state index >= 15 is 0 Å². The van der Waals surface area contributed by atoms with Crippen molar-refractivity contribution in [3.05, 3.63) is 23.8 Å². The van der Waals surface area contributed by atoms with Crippen LogP contribution in [0.5, 0.6) is 0 Å². The van der Waals surface area contributed by atoms with Gasteiger partial charge in [0.25, 0.3) is 0 Å². The first-order valence-electron chi connectivity index (χ1n) is 9.16. The van der Waals surface area contributed by atoms with Gasteiger partial charge in [0.1, 0.15) is 6.04 Å². The van der Waals surface area contributed by atoms with Gasteiger partial charge in [-0.2, -0.15) is 0 Å². The van der Waals surface area contributed by atoms with Crippen LogP contribution >= 0.6 is 0 Å². The maximum Gasteiger partial charge on any atom is 0.321 e. The van der Waals surface area contributed by atoms with Crippen molar-refractivity contribution < 1.29 is 19.4 Å². The van der Waals surface area contributed by atoms with Crippen LogP contribution in [-0.4, -0.2) is 67.3 Å². The number of hydrogen-bond donors (Lipinski definition) is 2. The number of ether oxygens (including phenoxy) is 1. The van der Waals surface area contributed by atoms with E-state index in [0.717, 1.165) is 30.0 Å². The molecular weight excluding hydrogens is 334 g/mol. The summed E-state index contributed by atoms with van der Waals surface area (Å²) in [5, 5.41) is 12.3. The Labute approximate surface area is 154 Å². The molecule has 0 aromatic heterocycles. The Balaban J connectivity index is 2.02. The van der Waals surface area contributed by atoms with Gasteiger partial charge in [0.15, 0.2) is 0 Å². The molecule has 1 aromatic carbocycles. The normalized spacial score (nSPS) is 16.1. The lowest BCUT2D eigenvalue weighted by Crippen LogP contribution is -2.48. The van der Waals surface area contributed by atoms with Crippen molar-refractivity contribution in [2.45, 2.75) is 33.2 Å². The minimum atomic E-state index is -0.976. The molecule has 7 nitrogen and oxygen atoms in total. The van der Waals surface area contributed by atoms with Crippen LogP contribution in [0.15, 0.2) is 18.2 Å². The van der Waals surface area contributed by atoms with Crippen LogP contribution in [0, 0.1) is 6.92 Å². The molecule has 1 heterocycles. The molecule has 26 heavy (non-hydrogen) atoms. The lowest BCUT2D eigenvalue weighted by molar-refractivity contribution is -0.147. The number of carbonyl (C=O) groups excluding carboxylic acids is 1. The molecule has 2 N–H and O–H groups in total. The Bertz CT molecular complexity index is 625. The molecule has 0 spiro atoms. The number of nitrogens with zero attached hydrogens (tertiary/aromatic N) is 2. The highest BCUT2D eigenvalue weighted by molar-refractivity contribution is 5.94. The Morgan fingerprint density at radius 3 is 2.46 bits per heavy atom. The summed E-state index contributed by atoms with van der Waals surface area (Å²) in [6.07, 6.45) is -0.0768. The van der Waals surface area contributed by atoms with Crippen molar-refractivity contribution in [2.24, 2.45) is 0 Å². The van der Waals surface area contributed by atoms with Gasteiger partial charge in [0.2, 0.25) is 5.91 Å². The molecular formula is C19H29N3O4. The summed E-state index contributed by atoms with van der Waals surface area (Å²) in [6, 6.07) is 5.07. The van der Waals surface area contributed by atoms with Gasteiger partial charge >= 0.3 is 5.97 Å². The van der Waals surface area contributed by atoms with E-state index in [4.69, 9.17) is 4.74 Å². The average molecular weight is 363 g/mol. The van der Waals surface area contributed by atoms with Crippen LogP contribution in [0.3, 0.4) is 0 Å². The molecule has 1 atom stereocenters. The highest BCUT2D eigenvalue weighted by Crippen LogP contribution is 2.23. The van der Waals surface area contributed by atoms with Gasteiger partial charge in [-0.25, -0.2) is 0 Å². The number of morpholine rings is 1. The van der Waals surface area contributed by atoms with E-state index in [1.807, 2.05) is 25.1 Å². The van der Waals surface area contributed by atoms with E-state index in [2.05, 4.69) is 24.1 Å². The van der Waals surface area contributed by atoms with Crippen LogP contribution in [-0.2, 0) is 14.3 Å². The van der Waals surface area contributed by atoms with E-state index in [1.165, 1.54) is 0 Å². The number of benzene rings is 1. The quantitative estimate of drug-likeness (QED) is 0.735. The van der Waals surface area contributed by atoms with Gasteiger partial charge in [-0.15, -0.1) is 0 Å². The predicted molar refractivity (Wildman–Crippen MR) is 102 cm³/mol. The minimum absolute atomic E-state index is 0.0768. The van der Waals surface area contributed by atoms with E-state index in [0.29, 0.717) is 26.3 Å². The summed E-state index contributed by atoms with van der Waals surface area (Å²) in [4.78, 5) is 28.0. The minimum Gasteiger partial charge on any atom is -0.480 e. The number of anilines is 2. The van der Waals surface area contributed by atoms with Crippen molar-refractivity contribution in [1.29, 1.82) is 0 Å². The number of carbonyl (C=O) groups is 2. The molecule has 7 heteroatoms. The van der Waals surface area contributed by atoms with Gasteiger partial charge in [-0.3, -0.25) is 14.5 Å². The molecule has 1 aliphatic heterocycles. The van der Waals surface area contributed by atoms with Gasteiger partial charge < -0.3 is 20.1 Å². The van der Waals surface area contributed by atoms with Crippen LogP contribution in [0.2, 0.25) is 0 Å². The third-order valence-electron chi connectivity index (χ3n) is 4.76. The van der Waals surface area contributed by atoms with E-state index < -0.39 is 12.0 Å². The fourth-order valence-corrected chi connectivity index (χ4v) is 3.21. The molecule has 1 saturated heterocycles.